The van der Waals surface area contributed by atoms with E-state index in [0.717, 1.165) is 12.2 Å². The van der Waals surface area contributed by atoms with Gasteiger partial charge in [-0.15, -0.1) is 0 Å². The number of nitrogens with zero attached hydrogens (tertiary/aromatic N) is 2. The van der Waals surface area contributed by atoms with Crippen molar-refractivity contribution in [1.29, 1.82) is 0 Å². The van der Waals surface area contributed by atoms with Gasteiger partial charge in [0.15, 0.2) is 0 Å². The van der Waals surface area contributed by atoms with Gasteiger partial charge in [0.05, 0.1) is 18.2 Å². The minimum Gasteiger partial charge on any atom is -0.466 e. The van der Waals surface area contributed by atoms with Crippen molar-refractivity contribution < 1.29 is 9.53 Å². The summed E-state index contributed by atoms with van der Waals surface area (Å²) in [7, 11) is 1.98. The Morgan fingerprint density at radius 3 is 2.88 bits per heavy atom. The summed E-state index contributed by atoms with van der Waals surface area (Å²) < 4.78 is 4.97. The smallest absolute Gasteiger partial charge is 0.309 e. The van der Waals surface area contributed by atoms with E-state index in [2.05, 4.69) is 9.88 Å². The molecular formula is C13H20N2O2. The predicted molar refractivity (Wildman–Crippen MR) is 66.4 cm³/mol. The van der Waals surface area contributed by atoms with Gasteiger partial charge in [0.2, 0.25) is 0 Å². The van der Waals surface area contributed by atoms with Crippen molar-refractivity contribution in [2.45, 2.75) is 20.4 Å². The summed E-state index contributed by atoms with van der Waals surface area (Å²) in [5.74, 6) is -0.246. The van der Waals surface area contributed by atoms with Gasteiger partial charge in [-0.25, -0.2) is 0 Å². The highest BCUT2D eigenvalue weighted by Crippen LogP contribution is 2.05. The molecule has 1 unspecified atom stereocenters. The molecule has 1 aromatic rings. The lowest BCUT2D eigenvalue weighted by Crippen LogP contribution is -2.29. The zero-order valence-electron chi connectivity index (χ0n) is 10.7. The molecule has 0 bridgehead atoms. The van der Waals surface area contributed by atoms with Crippen molar-refractivity contribution in [1.82, 2.24) is 9.88 Å². The number of carbonyl (C=O) groups excluding carboxylic acids is 1. The number of hydrogen-bond donors (Lipinski definition) is 0. The second kappa shape index (κ2) is 7.01. The van der Waals surface area contributed by atoms with E-state index in [4.69, 9.17) is 4.74 Å². The van der Waals surface area contributed by atoms with Crippen LogP contribution in [0.5, 0.6) is 0 Å². The van der Waals surface area contributed by atoms with Gasteiger partial charge in [-0.2, -0.15) is 0 Å². The van der Waals surface area contributed by atoms with Crippen LogP contribution in [-0.2, 0) is 16.1 Å². The van der Waals surface area contributed by atoms with Gasteiger partial charge in [0.25, 0.3) is 0 Å². The van der Waals surface area contributed by atoms with Crippen LogP contribution in [0.3, 0.4) is 0 Å². The second-order valence-electron chi connectivity index (χ2n) is 4.17. The maximum atomic E-state index is 11.5. The lowest BCUT2D eigenvalue weighted by Gasteiger charge is -2.19. The Morgan fingerprint density at radius 2 is 2.29 bits per heavy atom. The minimum atomic E-state index is -0.139. The van der Waals surface area contributed by atoms with Crippen LogP contribution in [0, 0.1) is 5.92 Å². The topological polar surface area (TPSA) is 42.4 Å². The van der Waals surface area contributed by atoms with E-state index >= 15 is 0 Å². The summed E-state index contributed by atoms with van der Waals surface area (Å²) in [4.78, 5) is 17.8. The van der Waals surface area contributed by atoms with Crippen LogP contribution in [0.1, 0.15) is 19.5 Å². The Hall–Kier alpha value is -1.42. The molecule has 94 valence electrons. The largest absolute Gasteiger partial charge is 0.466 e. The fraction of sp³-hybridized carbons (Fsp3) is 0.538. The van der Waals surface area contributed by atoms with Gasteiger partial charge in [0, 0.05) is 19.3 Å². The Morgan fingerprint density at radius 1 is 1.53 bits per heavy atom. The lowest BCUT2D eigenvalue weighted by atomic mass is 10.1. The van der Waals surface area contributed by atoms with Crippen LogP contribution >= 0.6 is 0 Å². The summed E-state index contributed by atoms with van der Waals surface area (Å²) in [6, 6.07) is 5.83. The molecule has 0 fully saturated rings. The lowest BCUT2D eigenvalue weighted by molar-refractivity contribution is -0.147. The first-order valence-electron chi connectivity index (χ1n) is 5.88. The zero-order valence-corrected chi connectivity index (χ0v) is 10.7. The fourth-order valence-corrected chi connectivity index (χ4v) is 1.66. The maximum Gasteiger partial charge on any atom is 0.309 e. The third kappa shape index (κ3) is 4.95. The van der Waals surface area contributed by atoms with E-state index in [-0.39, 0.29) is 11.9 Å². The van der Waals surface area contributed by atoms with Gasteiger partial charge in [0.1, 0.15) is 0 Å². The number of hydrogen-bond acceptors (Lipinski definition) is 4. The highest BCUT2D eigenvalue weighted by molar-refractivity contribution is 5.72. The van der Waals surface area contributed by atoms with Crippen molar-refractivity contribution in [2.24, 2.45) is 5.92 Å². The normalized spacial score (nSPS) is 12.5. The first kappa shape index (κ1) is 13.6. The highest BCUT2D eigenvalue weighted by atomic mass is 16.5. The minimum absolute atomic E-state index is 0.108. The molecule has 1 rings (SSSR count). The predicted octanol–water partition coefficient (Wildman–Crippen LogP) is 1.71. The summed E-state index contributed by atoms with van der Waals surface area (Å²) in [5, 5.41) is 0. The highest BCUT2D eigenvalue weighted by Gasteiger charge is 2.16. The van der Waals surface area contributed by atoms with Crippen LogP contribution < -0.4 is 0 Å². The Labute approximate surface area is 103 Å². The average molecular weight is 236 g/mol. The van der Waals surface area contributed by atoms with Crippen molar-refractivity contribution in [2.75, 3.05) is 20.2 Å². The van der Waals surface area contributed by atoms with E-state index in [0.29, 0.717) is 13.2 Å². The quantitative estimate of drug-likeness (QED) is 0.705. The van der Waals surface area contributed by atoms with Crippen LogP contribution in [0.25, 0.3) is 0 Å². The van der Waals surface area contributed by atoms with Gasteiger partial charge >= 0.3 is 5.97 Å². The van der Waals surface area contributed by atoms with Gasteiger partial charge in [-0.3, -0.25) is 14.7 Å². The van der Waals surface area contributed by atoms with Gasteiger partial charge < -0.3 is 4.74 Å². The Bertz CT molecular complexity index is 341. The number of aromatic nitrogens is 1. The van der Waals surface area contributed by atoms with Crippen molar-refractivity contribution in [3.63, 3.8) is 0 Å². The van der Waals surface area contributed by atoms with Crippen molar-refractivity contribution in [3.05, 3.63) is 30.1 Å². The summed E-state index contributed by atoms with van der Waals surface area (Å²) in [5.41, 5.74) is 1.01. The molecule has 0 radical (unpaired) electrons. The van der Waals surface area contributed by atoms with Crippen molar-refractivity contribution >= 4 is 5.97 Å². The monoisotopic (exact) mass is 236 g/mol. The maximum absolute atomic E-state index is 11.5. The summed E-state index contributed by atoms with van der Waals surface area (Å²) in [6.45, 7) is 5.56. The molecule has 0 aromatic carbocycles. The summed E-state index contributed by atoms with van der Waals surface area (Å²) >= 11 is 0. The first-order chi connectivity index (χ1) is 8.13. The van der Waals surface area contributed by atoms with E-state index < -0.39 is 0 Å². The second-order valence-corrected chi connectivity index (χ2v) is 4.17. The molecule has 1 aromatic heterocycles. The third-order valence-corrected chi connectivity index (χ3v) is 2.43. The van der Waals surface area contributed by atoms with Crippen LogP contribution in [0.15, 0.2) is 24.4 Å². The third-order valence-electron chi connectivity index (χ3n) is 2.43. The fourth-order valence-electron chi connectivity index (χ4n) is 1.66. The SMILES string of the molecule is CCOC(=O)C(C)CN(C)Cc1ccccn1. The number of pyridine rings is 1. The summed E-state index contributed by atoms with van der Waals surface area (Å²) in [6.07, 6.45) is 1.78. The molecule has 0 spiro atoms. The van der Waals surface area contributed by atoms with E-state index in [1.165, 1.54) is 0 Å². The van der Waals surface area contributed by atoms with E-state index in [1.807, 2.05) is 39.1 Å². The molecule has 1 heterocycles. The van der Waals surface area contributed by atoms with Crippen LogP contribution in [0.2, 0.25) is 0 Å². The molecule has 0 N–H and O–H groups in total. The molecule has 0 saturated heterocycles. The number of carbonyl (C=O) groups is 1. The van der Waals surface area contributed by atoms with Crippen LogP contribution in [0.4, 0.5) is 0 Å². The van der Waals surface area contributed by atoms with E-state index in [9.17, 15) is 4.79 Å². The Balaban J connectivity index is 2.39. The first-order valence-corrected chi connectivity index (χ1v) is 5.88. The Kier molecular flexibility index (Phi) is 5.63. The van der Waals surface area contributed by atoms with Gasteiger partial charge in [-0.1, -0.05) is 13.0 Å². The molecular weight excluding hydrogens is 216 g/mol. The molecule has 4 heteroatoms. The van der Waals surface area contributed by atoms with Gasteiger partial charge in [-0.05, 0) is 26.1 Å². The van der Waals surface area contributed by atoms with Crippen molar-refractivity contribution in [3.8, 4) is 0 Å². The van der Waals surface area contributed by atoms with E-state index in [1.54, 1.807) is 6.20 Å². The molecule has 17 heavy (non-hydrogen) atoms. The zero-order chi connectivity index (χ0) is 12.7. The molecule has 1 atom stereocenters. The molecule has 0 aliphatic carbocycles. The number of ether oxygens (including phenoxy) is 1. The number of rotatable bonds is 6. The molecule has 0 aliphatic rings. The van der Waals surface area contributed by atoms with Crippen LogP contribution in [-0.4, -0.2) is 36.1 Å². The molecule has 0 amide bonds. The molecule has 0 saturated carbocycles. The number of esters is 1. The molecule has 0 aliphatic heterocycles. The molecule has 4 nitrogen and oxygen atoms in total. The standard InChI is InChI=1S/C13H20N2O2/c1-4-17-13(16)11(2)9-15(3)10-12-7-5-6-8-14-12/h5-8,11H,4,9-10H2,1-3H3. The average Bonchev–Trinajstić information content (AvgIpc) is 2.30.